The molecule has 0 aliphatic carbocycles. The minimum absolute atomic E-state index is 0.206. The second-order valence-electron chi connectivity index (χ2n) is 3.71. The molecule has 0 aliphatic rings. The lowest BCUT2D eigenvalue weighted by Gasteiger charge is -2.09. The van der Waals surface area contributed by atoms with Crippen molar-refractivity contribution in [2.45, 2.75) is 0 Å². The van der Waals surface area contributed by atoms with E-state index >= 15 is 0 Å². The summed E-state index contributed by atoms with van der Waals surface area (Å²) in [5, 5.41) is 6.07. The Hall–Kier alpha value is -2.74. The smallest absolute Gasteiger partial charge is 0.247 e. The van der Waals surface area contributed by atoms with Gasteiger partial charge in [-0.1, -0.05) is 0 Å². The summed E-state index contributed by atoms with van der Waals surface area (Å²) in [5.74, 6) is 0.704. The summed E-state index contributed by atoms with van der Waals surface area (Å²) in [6.07, 6.45) is 2.84. The van der Waals surface area contributed by atoms with E-state index in [0.717, 1.165) is 0 Å². The first-order valence-corrected chi connectivity index (χ1v) is 5.48. The van der Waals surface area contributed by atoms with Crippen molar-refractivity contribution in [1.29, 1.82) is 0 Å². The molecular formula is C11H14N7O+. The highest BCUT2D eigenvalue weighted by Crippen LogP contribution is 2.18. The van der Waals surface area contributed by atoms with Crippen molar-refractivity contribution < 1.29 is 5.41 Å². The lowest BCUT2D eigenvalue weighted by atomic mass is 10.1. The minimum atomic E-state index is -0.206. The van der Waals surface area contributed by atoms with Crippen LogP contribution in [0.5, 0.6) is 0 Å². The SMILES string of the molecule is CNNc1ncnc(N)c1C(=[NH2+])c1ccc(=O)[nH]c1. The number of pyridine rings is 1. The molecule has 0 saturated carbocycles. The van der Waals surface area contributed by atoms with Crippen LogP contribution in [0.2, 0.25) is 0 Å². The van der Waals surface area contributed by atoms with Crippen molar-refractivity contribution >= 4 is 17.3 Å². The Kier molecular flexibility index (Phi) is 3.53. The molecule has 0 aliphatic heterocycles. The van der Waals surface area contributed by atoms with Gasteiger partial charge >= 0.3 is 0 Å². The fraction of sp³-hybridized carbons (Fsp3) is 0.0909. The molecule has 0 spiro atoms. The third kappa shape index (κ3) is 2.58. The number of nitrogens with zero attached hydrogens (tertiary/aromatic N) is 2. The van der Waals surface area contributed by atoms with Crippen molar-refractivity contribution in [3.8, 4) is 0 Å². The van der Waals surface area contributed by atoms with Gasteiger partial charge in [-0.25, -0.2) is 15.4 Å². The standard InChI is InChI=1S/C11H13N7O/c1-14-18-11-8(10(13)16-5-17-11)9(12)6-2-3-7(19)15-4-6/h2-5,12,14H,1H3,(H,15,19)(H3,13,16,17,18)/p+1. The Morgan fingerprint density at radius 2 is 2.21 bits per heavy atom. The number of nitrogen functional groups attached to an aromatic ring is 1. The number of nitrogens with one attached hydrogen (secondary N) is 3. The first-order chi connectivity index (χ1) is 9.13. The van der Waals surface area contributed by atoms with Crippen molar-refractivity contribution in [3.05, 3.63) is 46.1 Å². The maximum Gasteiger partial charge on any atom is 0.247 e. The average Bonchev–Trinajstić information content (AvgIpc) is 2.39. The highest BCUT2D eigenvalue weighted by Gasteiger charge is 2.20. The van der Waals surface area contributed by atoms with E-state index < -0.39 is 0 Å². The number of hydrogen-bond donors (Lipinski definition) is 5. The zero-order chi connectivity index (χ0) is 13.8. The first-order valence-electron chi connectivity index (χ1n) is 5.48. The van der Waals surface area contributed by atoms with Crippen LogP contribution in [-0.2, 0) is 0 Å². The van der Waals surface area contributed by atoms with Crippen molar-refractivity contribution in [2.24, 2.45) is 0 Å². The van der Waals surface area contributed by atoms with Gasteiger partial charge in [0.25, 0.3) is 0 Å². The van der Waals surface area contributed by atoms with Crippen LogP contribution in [0.1, 0.15) is 11.1 Å². The Balaban J connectivity index is 2.48. The van der Waals surface area contributed by atoms with Crippen molar-refractivity contribution in [1.82, 2.24) is 20.4 Å². The van der Waals surface area contributed by atoms with Gasteiger partial charge in [0.2, 0.25) is 11.3 Å². The topological polar surface area (TPSA) is 134 Å². The number of H-pyrrole nitrogens is 1. The molecule has 19 heavy (non-hydrogen) atoms. The lowest BCUT2D eigenvalue weighted by Crippen LogP contribution is -2.42. The molecule has 0 bridgehead atoms. The maximum absolute atomic E-state index is 11.0. The van der Waals surface area contributed by atoms with E-state index in [1.165, 1.54) is 18.6 Å². The number of hydrogen-bond acceptors (Lipinski definition) is 6. The lowest BCUT2D eigenvalue weighted by molar-refractivity contribution is -0.111. The van der Waals surface area contributed by atoms with E-state index in [-0.39, 0.29) is 11.4 Å². The average molecular weight is 260 g/mol. The second kappa shape index (κ2) is 5.27. The molecule has 0 aromatic carbocycles. The van der Waals surface area contributed by atoms with Gasteiger partial charge in [0.1, 0.15) is 17.7 Å². The minimum Gasteiger partial charge on any atom is -0.383 e. The van der Waals surface area contributed by atoms with E-state index in [2.05, 4.69) is 25.8 Å². The monoisotopic (exact) mass is 260 g/mol. The number of nitrogens with two attached hydrogens (primary N) is 2. The third-order valence-electron chi connectivity index (χ3n) is 2.48. The van der Waals surface area contributed by atoms with E-state index in [9.17, 15) is 4.79 Å². The summed E-state index contributed by atoms with van der Waals surface area (Å²) in [6.45, 7) is 0. The van der Waals surface area contributed by atoms with E-state index in [4.69, 9.17) is 11.1 Å². The summed E-state index contributed by atoms with van der Waals surface area (Å²) in [5.41, 5.74) is 12.7. The van der Waals surface area contributed by atoms with Crippen LogP contribution >= 0.6 is 0 Å². The molecule has 0 radical (unpaired) electrons. The van der Waals surface area contributed by atoms with Crippen molar-refractivity contribution in [3.63, 3.8) is 0 Å². The molecule has 2 rings (SSSR count). The molecule has 7 N–H and O–H groups in total. The summed E-state index contributed by atoms with van der Waals surface area (Å²) < 4.78 is 0. The van der Waals surface area contributed by atoms with Gasteiger partial charge in [0.15, 0.2) is 5.82 Å². The molecular weight excluding hydrogens is 246 g/mol. The Morgan fingerprint density at radius 3 is 2.84 bits per heavy atom. The predicted octanol–water partition coefficient (Wildman–Crippen LogP) is -2.11. The molecule has 8 heteroatoms. The van der Waals surface area contributed by atoms with Crippen LogP contribution < -0.4 is 27.6 Å². The molecule has 0 unspecified atom stereocenters. The predicted molar refractivity (Wildman–Crippen MR) is 71.3 cm³/mol. The third-order valence-corrected chi connectivity index (χ3v) is 2.48. The number of aromatic amines is 1. The van der Waals surface area contributed by atoms with Crippen molar-refractivity contribution in [2.75, 3.05) is 18.2 Å². The molecule has 0 saturated heterocycles. The zero-order valence-corrected chi connectivity index (χ0v) is 10.3. The van der Waals surface area contributed by atoms with Gasteiger partial charge < -0.3 is 16.1 Å². The van der Waals surface area contributed by atoms with Crippen LogP contribution in [0, 0.1) is 0 Å². The molecule has 0 atom stereocenters. The van der Waals surface area contributed by atoms with E-state index in [1.54, 1.807) is 13.1 Å². The zero-order valence-electron chi connectivity index (χ0n) is 10.3. The fourth-order valence-corrected chi connectivity index (χ4v) is 1.60. The molecule has 98 valence electrons. The molecule has 2 aromatic rings. The summed E-state index contributed by atoms with van der Waals surface area (Å²) in [7, 11) is 1.69. The van der Waals surface area contributed by atoms with Crippen LogP contribution in [-0.4, -0.2) is 27.7 Å². The van der Waals surface area contributed by atoms with E-state index in [0.29, 0.717) is 22.7 Å². The quantitative estimate of drug-likeness (QED) is 0.315. The molecule has 8 nitrogen and oxygen atoms in total. The Bertz CT molecular complexity index is 644. The maximum atomic E-state index is 11.0. The Labute approximate surface area is 108 Å². The molecule has 0 amide bonds. The number of anilines is 2. The summed E-state index contributed by atoms with van der Waals surface area (Å²) in [6, 6.07) is 2.98. The van der Waals surface area contributed by atoms with Crippen LogP contribution in [0.15, 0.2) is 29.5 Å². The van der Waals surface area contributed by atoms with E-state index in [1.807, 2.05) is 0 Å². The number of hydrazine groups is 1. The summed E-state index contributed by atoms with van der Waals surface area (Å²) in [4.78, 5) is 21.6. The largest absolute Gasteiger partial charge is 0.383 e. The second-order valence-corrected chi connectivity index (χ2v) is 3.71. The normalized spacial score (nSPS) is 10.2. The van der Waals surface area contributed by atoms with Crippen LogP contribution in [0.25, 0.3) is 0 Å². The molecule has 0 fully saturated rings. The highest BCUT2D eigenvalue weighted by molar-refractivity contribution is 6.14. The summed E-state index contributed by atoms with van der Waals surface area (Å²) >= 11 is 0. The molecule has 2 heterocycles. The van der Waals surface area contributed by atoms with Gasteiger partial charge in [-0.3, -0.25) is 10.2 Å². The Morgan fingerprint density at radius 1 is 1.42 bits per heavy atom. The highest BCUT2D eigenvalue weighted by atomic mass is 16.1. The van der Waals surface area contributed by atoms with Crippen LogP contribution in [0.3, 0.4) is 0 Å². The fourth-order valence-electron chi connectivity index (χ4n) is 1.60. The molecule has 2 aromatic heterocycles. The number of rotatable bonds is 4. The van der Waals surface area contributed by atoms with Gasteiger partial charge in [-0.2, -0.15) is 0 Å². The van der Waals surface area contributed by atoms with Gasteiger partial charge in [0, 0.05) is 19.3 Å². The van der Waals surface area contributed by atoms with Gasteiger partial charge in [-0.05, 0) is 6.07 Å². The van der Waals surface area contributed by atoms with Crippen LogP contribution in [0.4, 0.5) is 11.6 Å². The van der Waals surface area contributed by atoms with Gasteiger partial charge in [0.05, 0.1) is 5.56 Å². The van der Waals surface area contributed by atoms with Gasteiger partial charge in [-0.15, -0.1) is 0 Å². The number of aromatic nitrogens is 3. The first kappa shape index (κ1) is 12.7.